The van der Waals surface area contributed by atoms with Crippen LogP contribution in [0.5, 0.6) is 0 Å². The number of amides is 1. The molecule has 0 aliphatic rings. The highest BCUT2D eigenvalue weighted by molar-refractivity contribution is 5.76. The maximum Gasteiger partial charge on any atom is 0.303 e. The van der Waals surface area contributed by atoms with Gasteiger partial charge in [-0.25, -0.2) is 0 Å². The Hall–Kier alpha value is -1.84. The Labute approximate surface area is 114 Å². The fraction of sp³-hybridized carbons (Fsp3) is 0.467. The Morgan fingerprint density at radius 1 is 1.26 bits per heavy atom. The second-order valence-corrected chi connectivity index (χ2v) is 4.83. The lowest BCUT2D eigenvalue weighted by atomic mass is 9.97. The maximum atomic E-state index is 12.0. The van der Waals surface area contributed by atoms with E-state index in [-0.39, 0.29) is 18.2 Å². The van der Waals surface area contributed by atoms with E-state index >= 15 is 0 Å². The molecule has 0 aromatic heterocycles. The van der Waals surface area contributed by atoms with Gasteiger partial charge in [0.1, 0.15) is 0 Å². The van der Waals surface area contributed by atoms with Crippen molar-refractivity contribution in [1.82, 2.24) is 4.90 Å². The van der Waals surface area contributed by atoms with Crippen molar-refractivity contribution in [3.63, 3.8) is 0 Å². The van der Waals surface area contributed by atoms with Gasteiger partial charge < -0.3 is 10.0 Å². The van der Waals surface area contributed by atoms with Gasteiger partial charge in [-0.2, -0.15) is 0 Å². The molecule has 19 heavy (non-hydrogen) atoms. The summed E-state index contributed by atoms with van der Waals surface area (Å²) >= 11 is 0. The molecule has 0 saturated carbocycles. The van der Waals surface area contributed by atoms with Crippen LogP contribution in [0, 0.1) is 0 Å². The van der Waals surface area contributed by atoms with Gasteiger partial charge in [-0.3, -0.25) is 9.59 Å². The van der Waals surface area contributed by atoms with E-state index in [0.717, 1.165) is 5.56 Å². The van der Waals surface area contributed by atoms with Crippen molar-refractivity contribution in [3.8, 4) is 0 Å². The van der Waals surface area contributed by atoms with Gasteiger partial charge in [0.05, 0.1) is 0 Å². The van der Waals surface area contributed by atoms with Crippen molar-refractivity contribution in [1.29, 1.82) is 0 Å². The molecule has 0 radical (unpaired) electrons. The second kappa shape index (κ2) is 7.56. The zero-order valence-corrected chi connectivity index (χ0v) is 11.5. The molecule has 0 aliphatic heterocycles. The van der Waals surface area contributed by atoms with Crippen molar-refractivity contribution >= 4 is 11.9 Å². The van der Waals surface area contributed by atoms with E-state index in [2.05, 4.69) is 0 Å². The van der Waals surface area contributed by atoms with Crippen molar-refractivity contribution in [2.45, 2.75) is 32.1 Å². The summed E-state index contributed by atoms with van der Waals surface area (Å²) in [6.45, 7) is 2.52. The van der Waals surface area contributed by atoms with E-state index in [0.29, 0.717) is 19.4 Å². The lowest BCUT2D eigenvalue weighted by molar-refractivity contribution is -0.138. The van der Waals surface area contributed by atoms with Crippen LogP contribution >= 0.6 is 0 Å². The third-order valence-electron chi connectivity index (χ3n) is 3.16. The molecule has 0 fully saturated rings. The molecule has 4 nitrogen and oxygen atoms in total. The van der Waals surface area contributed by atoms with Gasteiger partial charge in [-0.15, -0.1) is 0 Å². The molecule has 4 heteroatoms. The smallest absolute Gasteiger partial charge is 0.303 e. The van der Waals surface area contributed by atoms with Gasteiger partial charge >= 0.3 is 5.97 Å². The van der Waals surface area contributed by atoms with Crippen LogP contribution < -0.4 is 0 Å². The van der Waals surface area contributed by atoms with Crippen LogP contribution in [0.2, 0.25) is 0 Å². The highest BCUT2D eigenvalue weighted by Gasteiger charge is 2.14. The van der Waals surface area contributed by atoms with E-state index in [1.54, 1.807) is 11.9 Å². The molecule has 1 aromatic rings. The lowest BCUT2D eigenvalue weighted by Gasteiger charge is -2.19. The molecule has 1 unspecified atom stereocenters. The number of carboxylic acids is 1. The monoisotopic (exact) mass is 263 g/mol. The summed E-state index contributed by atoms with van der Waals surface area (Å²) in [5.41, 5.74) is 1.15. The van der Waals surface area contributed by atoms with Crippen LogP contribution in [0.25, 0.3) is 0 Å². The Kier molecular flexibility index (Phi) is 6.06. The third kappa shape index (κ3) is 5.55. The first-order valence-electron chi connectivity index (χ1n) is 6.51. The predicted octanol–water partition coefficient (Wildman–Crippen LogP) is 2.50. The average Bonchev–Trinajstić information content (AvgIpc) is 2.39. The molecule has 1 amide bonds. The molecule has 0 aliphatic carbocycles. The van der Waals surface area contributed by atoms with Gasteiger partial charge in [0.25, 0.3) is 0 Å². The number of benzene rings is 1. The van der Waals surface area contributed by atoms with Gasteiger partial charge in [-0.1, -0.05) is 37.3 Å². The van der Waals surface area contributed by atoms with Crippen molar-refractivity contribution in [2.75, 3.05) is 13.6 Å². The van der Waals surface area contributed by atoms with E-state index in [1.807, 2.05) is 37.3 Å². The molecule has 1 atom stereocenters. The lowest BCUT2D eigenvalue weighted by Crippen LogP contribution is -2.29. The highest BCUT2D eigenvalue weighted by Crippen LogP contribution is 2.19. The topological polar surface area (TPSA) is 57.6 Å². The Balaban J connectivity index is 2.39. The van der Waals surface area contributed by atoms with Crippen LogP contribution in [0.15, 0.2) is 30.3 Å². The summed E-state index contributed by atoms with van der Waals surface area (Å²) in [7, 11) is 1.72. The minimum Gasteiger partial charge on any atom is -0.481 e. The molecule has 1 N–H and O–H groups in total. The number of hydrogen-bond acceptors (Lipinski definition) is 2. The number of carbonyl (C=O) groups is 2. The summed E-state index contributed by atoms with van der Waals surface area (Å²) in [6, 6.07) is 9.92. The molecule has 1 rings (SSSR count). The number of hydrogen-bond donors (Lipinski definition) is 1. The van der Waals surface area contributed by atoms with E-state index < -0.39 is 5.97 Å². The Morgan fingerprint density at radius 2 is 1.89 bits per heavy atom. The number of carboxylic acid groups (broad SMARTS) is 1. The average molecular weight is 263 g/mol. The molecule has 0 saturated heterocycles. The van der Waals surface area contributed by atoms with Crippen LogP contribution in [0.3, 0.4) is 0 Å². The molecule has 1 aromatic carbocycles. The highest BCUT2D eigenvalue weighted by atomic mass is 16.4. The SMILES string of the molecule is CC(CC(=O)N(C)CCCC(=O)O)c1ccccc1. The van der Waals surface area contributed by atoms with Crippen molar-refractivity contribution < 1.29 is 14.7 Å². The van der Waals surface area contributed by atoms with Crippen LogP contribution in [-0.2, 0) is 9.59 Å². The maximum absolute atomic E-state index is 12.0. The molecule has 104 valence electrons. The number of nitrogens with zero attached hydrogens (tertiary/aromatic N) is 1. The summed E-state index contributed by atoms with van der Waals surface area (Å²) in [5, 5.41) is 8.56. The van der Waals surface area contributed by atoms with Crippen molar-refractivity contribution in [2.24, 2.45) is 0 Å². The zero-order chi connectivity index (χ0) is 14.3. The van der Waals surface area contributed by atoms with Crippen LogP contribution in [-0.4, -0.2) is 35.5 Å². The molecule has 0 bridgehead atoms. The second-order valence-electron chi connectivity index (χ2n) is 4.83. The largest absolute Gasteiger partial charge is 0.481 e. The number of rotatable bonds is 7. The first-order chi connectivity index (χ1) is 9.00. The number of carbonyl (C=O) groups excluding carboxylic acids is 1. The quantitative estimate of drug-likeness (QED) is 0.822. The van der Waals surface area contributed by atoms with Crippen molar-refractivity contribution in [3.05, 3.63) is 35.9 Å². The predicted molar refractivity (Wildman–Crippen MR) is 74.0 cm³/mol. The van der Waals surface area contributed by atoms with Gasteiger partial charge in [-0.05, 0) is 17.9 Å². The number of aliphatic carboxylic acids is 1. The summed E-state index contributed by atoms with van der Waals surface area (Å²) in [4.78, 5) is 24.0. The molecular formula is C15H21NO3. The summed E-state index contributed by atoms with van der Waals surface area (Å²) in [6.07, 6.45) is 1.05. The minimum atomic E-state index is -0.821. The zero-order valence-electron chi connectivity index (χ0n) is 11.5. The first-order valence-corrected chi connectivity index (χ1v) is 6.51. The Morgan fingerprint density at radius 3 is 2.47 bits per heavy atom. The summed E-state index contributed by atoms with van der Waals surface area (Å²) in [5.74, 6) is -0.587. The summed E-state index contributed by atoms with van der Waals surface area (Å²) < 4.78 is 0. The fourth-order valence-corrected chi connectivity index (χ4v) is 1.91. The first kappa shape index (κ1) is 15.2. The molecular weight excluding hydrogens is 242 g/mol. The fourth-order valence-electron chi connectivity index (χ4n) is 1.91. The Bertz CT molecular complexity index is 417. The van der Waals surface area contributed by atoms with Gasteiger partial charge in [0.15, 0.2) is 0 Å². The van der Waals surface area contributed by atoms with Crippen LogP contribution in [0.4, 0.5) is 0 Å². The van der Waals surface area contributed by atoms with Crippen LogP contribution in [0.1, 0.15) is 37.7 Å². The van der Waals surface area contributed by atoms with E-state index in [1.165, 1.54) is 0 Å². The standard InChI is InChI=1S/C15H21NO3/c1-12(13-7-4-3-5-8-13)11-14(17)16(2)10-6-9-15(18)19/h3-5,7-8,12H,6,9-11H2,1-2H3,(H,18,19). The molecule has 0 spiro atoms. The normalized spacial score (nSPS) is 11.9. The third-order valence-corrected chi connectivity index (χ3v) is 3.16. The van der Waals surface area contributed by atoms with E-state index in [9.17, 15) is 9.59 Å². The minimum absolute atomic E-state index is 0.0572. The van der Waals surface area contributed by atoms with Gasteiger partial charge in [0, 0.05) is 26.4 Å². The van der Waals surface area contributed by atoms with Gasteiger partial charge in [0.2, 0.25) is 5.91 Å². The molecule has 0 heterocycles. The van der Waals surface area contributed by atoms with E-state index in [4.69, 9.17) is 5.11 Å².